The largest absolute Gasteiger partial charge is 0.749 e. The lowest BCUT2D eigenvalue weighted by molar-refractivity contribution is 0.0476. The molecule has 0 bridgehead atoms. The number of thiocarbonyl (C=S) groups is 1. The van der Waals surface area contributed by atoms with Gasteiger partial charge in [-0.25, -0.2) is 0 Å². The van der Waals surface area contributed by atoms with Crippen LogP contribution < -0.4 is 4.43 Å². The van der Waals surface area contributed by atoms with E-state index in [0.717, 1.165) is 0 Å². The molecular formula is C13H22O8SSi2. The molecule has 0 aliphatic rings. The second-order valence-corrected chi connectivity index (χ2v) is 9.44. The van der Waals surface area contributed by atoms with Crippen LogP contribution in [0.5, 0.6) is 5.75 Å². The second kappa shape index (κ2) is 9.55. The van der Waals surface area contributed by atoms with Crippen LogP contribution in [0.2, 0.25) is 0 Å². The van der Waals surface area contributed by atoms with E-state index in [1.165, 1.54) is 42.7 Å². The molecule has 1 aromatic rings. The highest BCUT2D eigenvalue weighted by Crippen LogP contribution is 2.25. The van der Waals surface area contributed by atoms with E-state index >= 15 is 0 Å². The Balaban J connectivity index is 3.11. The lowest BCUT2D eigenvalue weighted by atomic mass is 10.2. The van der Waals surface area contributed by atoms with Gasteiger partial charge in [0.15, 0.2) is 5.05 Å². The van der Waals surface area contributed by atoms with Crippen molar-refractivity contribution in [2.75, 3.05) is 42.7 Å². The van der Waals surface area contributed by atoms with Gasteiger partial charge >= 0.3 is 18.1 Å². The highest BCUT2D eigenvalue weighted by molar-refractivity contribution is 7.80. The van der Waals surface area contributed by atoms with Crippen LogP contribution in [0.3, 0.4) is 0 Å². The summed E-state index contributed by atoms with van der Waals surface area (Å²) in [6, 6.07) is 6.97. The molecule has 0 saturated carbocycles. The van der Waals surface area contributed by atoms with Crippen LogP contribution in [-0.2, 0) is 31.0 Å². The van der Waals surface area contributed by atoms with Gasteiger partial charge in [0.1, 0.15) is 5.75 Å². The van der Waals surface area contributed by atoms with Gasteiger partial charge in [0.2, 0.25) is 0 Å². The van der Waals surface area contributed by atoms with Gasteiger partial charge in [-0.2, -0.15) is 0 Å². The number of para-hydroxylation sites is 1. The van der Waals surface area contributed by atoms with Crippen LogP contribution in [0.25, 0.3) is 0 Å². The van der Waals surface area contributed by atoms with E-state index in [2.05, 4.69) is 0 Å². The summed E-state index contributed by atoms with van der Waals surface area (Å²) in [5.74, 6) is 0.380. The molecule has 24 heavy (non-hydrogen) atoms. The molecule has 0 atom stereocenters. The molecule has 0 heterocycles. The van der Waals surface area contributed by atoms with E-state index in [1.54, 1.807) is 24.3 Å². The first-order valence-electron chi connectivity index (χ1n) is 6.77. The molecular weight excluding hydrogens is 372 g/mol. The molecule has 0 amide bonds. The topological polar surface area (TPSA) is 73.8 Å². The zero-order chi connectivity index (χ0) is 18.2. The molecule has 0 aromatic heterocycles. The Morgan fingerprint density at radius 1 is 0.750 bits per heavy atom. The Bertz CT molecular complexity index is 520. The van der Waals surface area contributed by atoms with E-state index in [-0.39, 0.29) is 5.05 Å². The normalized spacial score (nSPS) is 12.1. The van der Waals surface area contributed by atoms with Gasteiger partial charge in [-0.1, -0.05) is 12.1 Å². The highest BCUT2D eigenvalue weighted by Gasteiger charge is 2.48. The zero-order valence-corrected chi connectivity index (χ0v) is 17.3. The van der Waals surface area contributed by atoms with Crippen LogP contribution in [-0.4, -0.2) is 65.8 Å². The van der Waals surface area contributed by atoms with E-state index in [0.29, 0.717) is 11.3 Å². The molecule has 0 saturated heterocycles. The highest BCUT2D eigenvalue weighted by atomic mass is 32.1. The standard InChI is InChI=1S/C13H22O8SSi2/c1-14-23(15-2,16-3)20-12-10-8-7-9-11(12)13(22)21-24(17-4,18-5)19-6/h7-10H,1-6H3. The average molecular weight is 395 g/mol. The Morgan fingerprint density at radius 3 is 1.67 bits per heavy atom. The third-order valence-corrected chi connectivity index (χ3v) is 7.43. The van der Waals surface area contributed by atoms with Crippen molar-refractivity contribution in [1.29, 1.82) is 0 Å². The third-order valence-electron chi connectivity index (χ3n) is 3.06. The van der Waals surface area contributed by atoms with Crippen LogP contribution in [0.1, 0.15) is 5.56 Å². The molecule has 1 aromatic carbocycles. The van der Waals surface area contributed by atoms with Crippen LogP contribution in [0.15, 0.2) is 24.3 Å². The summed E-state index contributed by atoms with van der Waals surface area (Å²) < 4.78 is 42.9. The summed E-state index contributed by atoms with van der Waals surface area (Å²) in [4.78, 5) is 0. The first-order valence-corrected chi connectivity index (χ1v) is 10.4. The van der Waals surface area contributed by atoms with E-state index < -0.39 is 18.1 Å². The Morgan fingerprint density at radius 2 is 1.21 bits per heavy atom. The molecule has 1 rings (SSSR count). The van der Waals surface area contributed by atoms with Crippen molar-refractivity contribution in [3.8, 4) is 5.75 Å². The number of hydrogen-bond donors (Lipinski definition) is 0. The minimum Gasteiger partial charge on any atom is -0.479 e. The Hall–Kier alpha value is -0.896. The zero-order valence-electron chi connectivity index (χ0n) is 14.5. The van der Waals surface area contributed by atoms with Crippen LogP contribution in [0, 0.1) is 0 Å². The SMILES string of the molecule is CO[Si](OC)(OC)OC(=S)c1ccccc1O[Si](OC)(OC)OC. The maximum atomic E-state index is 5.82. The second-order valence-electron chi connectivity index (χ2n) is 4.21. The maximum Gasteiger partial charge on any atom is 0.749 e. The number of hydrogen-bond acceptors (Lipinski definition) is 9. The van der Waals surface area contributed by atoms with Crippen molar-refractivity contribution in [3.63, 3.8) is 0 Å². The van der Waals surface area contributed by atoms with Crippen LogP contribution in [0.4, 0.5) is 0 Å². The lowest BCUT2D eigenvalue weighted by Crippen LogP contribution is -2.50. The molecule has 136 valence electrons. The molecule has 11 heteroatoms. The fraction of sp³-hybridized carbons (Fsp3) is 0.462. The van der Waals surface area contributed by atoms with E-state index in [9.17, 15) is 0 Å². The lowest BCUT2D eigenvalue weighted by Gasteiger charge is -2.26. The summed E-state index contributed by atoms with van der Waals surface area (Å²) in [6.07, 6.45) is 0. The van der Waals surface area contributed by atoms with Gasteiger partial charge in [0, 0.05) is 42.7 Å². The van der Waals surface area contributed by atoms with Crippen molar-refractivity contribution in [2.45, 2.75) is 0 Å². The first kappa shape index (κ1) is 21.1. The van der Waals surface area contributed by atoms with E-state index in [4.69, 9.17) is 47.6 Å². The minimum absolute atomic E-state index is 0.0917. The van der Waals surface area contributed by atoms with Gasteiger partial charge in [-0.05, 0) is 24.4 Å². The van der Waals surface area contributed by atoms with Gasteiger partial charge in [0.25, 0.3) is 0 Å². The van der Waals surface area contributed by atoms with Crippen molar-refractivity contribution in [1.82, 2.24) is 0 Å². The summed E-state index contributed by atoms with van der Waals surface area (Å²) >= 11 is 5.34. The van der Waals surface area contributed by atoms with Crippen LogP contribution >= 0.6 is 12.2 Å². The number of benzene rings is 1. The van der Waals surface area contributed by atoms with E-state index in [1.807, 2.05) is 0 Å². The quantitative estimate of drug-likeness (QED) is 0.433. The Kier molecular flexibility index (Phi) is 8.42. The smallest absolute Gasteiger partial charge is 0.479 e. The van der Waals surface area contributed by atoms with Gasteiger partial charge < -0.3 is 35.4 Å². The Labute approximate surface area is 149 Å². The molecule has 8 nitrogen and oxygen atoms in total. The summed E-state index contributed by atoms with van der Waals surface area (Å²) in [5.41, 5.74) is 0.485. The van der Waals surface area contributed by atoms with Gasteiger partial charge in [-0.15, -0.1) is 0 Å². The van der Waals surface area contributed by atoms with Gasteiger partial charge in [-0.3, -0.25) is 0 Å². The average Bonchev–Trinajstić information content (AvgIpc) is 2.64. The van der Waals surface area contributed by atoms with Crippen molar-refractivity contribution in [3.05, 3.63) is 29.8 Å². The predicted molar refractivity (Wildman–Crippen MR) is 93.4 cm³/mol. The monoisotopic (exact) mass is 394 g/mol. The molecule has 0 aliphatic heterocycles. The summed E-state index contributed by atoms with van der Waals surface area (Å²) in [7, 11) is 1.91. The first-order chi connectivity index (χ1) is 11.4. The van der Waals surface area contributed by atoms with Crippen molar-refractivity contribution >= 4 is 35.4 Å². The summed E-state index contributed by atoms with van der Waals surface area (Å²) in [5, 5.41) is 0.0917. The van der Waals surface area contributed by atoms with Crippen molar-refractivity contribution in [2.24, 2.45) is 0 Å². The molecule has 0 unspecified atom stereocenters. The summed E-state index contributed by atoms with van der Waals surface area (Å²) in [6.45, 7) is 0. The fourth-order valence-electron chi connectivity index (χ4n) is 1.78. The number of rotatable bonds is 10. The van der Waals surface area contributed by atoms with Crippen molar-refractivity contribution < 1.29 is 35.4 Å². The fourth-order valence-corrected chi connectivity index (χ4v) is 4.54. The molecule has 0 aliphatic carbocycles. The predicted octanol–water partition coefficient (Wildman–Crippen LogP) is 1.51. The molecule has 0 radical (unpaired) electrons. The minimum atomic E-state index is -3.35. The molecule has 0 spiro atoms. The molecule has 0 fully saturated rings. The third kappa shape index (κ3) is 4.81. The molecule has 0 N–H and O–H groups in total. The van der Waals surface area contributed by atoms with Gasteiger partial charge in [0.05, 0.1) is 5.56 Å². The maximum absolute atomic E-state index is 5.82.